The molecular formula is C29H25F6O5P. The molecule has 0 atom stereocenters. The van der Waals surface area contributed by atoms with Crippen molar-refractivity contribution in [2.24, 2.45) is 0 Å². The van der Waals surface area contributed by atoms with Gasteiger partial charge in [0.2, 0.25) is 0 Å². The van der Waals surface area contributed by atoms with Gasteiger partial charge in [0, 0.05) is 0 Å². The Balaban J connectivity index is 1.65. The van der Waals surface area contributed by atoms with Crippen LogP contribution in [0, 0.1) is 0 Å². The molecule has 0 fully saturated rings. The highest BCUT2D eigenvalue weighted by Gasteiger charge is 2.36. The van der Waals surface area contributed by atoms with Crippen LogP contribution in [0.3, 0.4) is 0 Å². The fourth-order valence-electron chi connectivity index (χ4n) is 4.25. The van der Waals surface area contributed by atoms with Gasteiger partial charge in [0.25, 0.3) is 0 Å². The Bertz CT molecular complexity index is 1490. The summed E-state index contributed by atoms with van der Waals surface area (Å²) in [5.41, 5.74) is -1.41. The molecule has 0 aliphatic rings. The molecule has 5 nitrogen and oxygen atoms in total. The first-order valence-electron chi connectivity index (χ1n) is 12.2. The van der Waals surface area contributed by atoms with Gasteiger partial charge in [-0.15, -0.1) is 0 Å². The molecule has 41 heavy (non-hydrogen) atoms. The fraction of sp³-hybridized carbons (Fsp3) is 0.241. The zero-order valence-corrected chi connectivity index (χ0v) is 22.8. The minimum atomic E-state index is -4.71. The van der Waals surface area contributed by atoms with E-state index in [4.69, 9.17) is 18.5 Å². The van der Waals surface area contributed by atoms with Crippen molar-refractivity contribution in [2.75, 3.05) is 14.2 Å². The maximum atomic E-state index is 14.0. The van der Waals surface area contributed by atoms with Gasteiger partial charge >= 0.3 is 19.9 Å². The summed E-state index contributed by atoms with van der Waals surface area (Å²) in [6.45, 7) is -1.04. The molecule has 4 aromatic rings. The smallest absolute Gasteiger partial charge is 0.419 e. The van der Waals surface area contributed by atoms with Crippen LogP contribution in [-0.2, 0) is 45.3 Å². The Kier molecular flexibility index (Phi) is 9.01. The molecule has 0 aromatic heterocycles. The Morgan fingerprint density at radius 1 is 0.659 bits per heavy atom. The highest BCUT2D eigenvalue weighted by molar-refractivity contribution is 7.53. The molecule has 0 aliphatic heterocycles. The van der Waals surface area contributed by atoms with Crippen LogP contribution in [0.1, 0.15) is 27.8 Å². The summed E-state index contributed by atoms with van der Waals surface area (Å²) < 4.78 is 116. The van der Waals surface area contributed by atoms with Gasteiger partial charge in [-0.25, -0.2) is 0 Å². The molecule has 0 heterocycles. The SMILES string of the molecule is COc1ccc(COP(=O)(Cc2cccc3ccccc23)OCc2ccc(OC)c(C(F)(F)F)c2)cc1C(F)(F)F. The zero-order valence-electron chi connectivity index (χ0n) is 21.9. The average Bonchev–Trinajstić information content (AvgIpc) is 2.94. The number of hydrogen-bond acceptors (Lipinski definition) is 5. The first kappa shape index (κ1) is 30.4. The van der Waals surface area contributed by atoms with E-state index in [1.807, 2.05) is 18.2 Å². The lowest BCUT2D eigenvalue weighted by Gasteiger charge is -2.21. The molecule has 0 aliphatic carbocycles. The topological polar surface area (TPSA) is 54.0 Å². The van der Waals surface area contributed by atoms with Crippen molar-refractivity contribution in [1.29, 1.82) is 0 Å². The van der Waals surface area contributed by atoms with Gasteiger partial charge in [-0.05, 0) is 51.7 Å². The van der Waals surface area contributed by atoms with Crippen molar-refractivity contribution in [3.8, 4) is 11.5 Å². The number of alkyl halides is 6. The quantitative estimate of drug-likeness (QED) is 0.135. The highest BCUT2D eigenvalue weighted by atomic mass is 31.2. The first-order valence-corrected chi connectivity index (χ1v) is 13.9. The molecular weight excluding hydrogens is 573 g/mol. The second-order valence-electron chi connectivity index (χ2n) is 9.02. The standard InChI is InChI=1S/C29H25F6O5P/c1-37-26-12-10-19(14-24(26)28(30,31)32)16-39-41(36,18-22-8-5-7-21-6-3-4-9-23(21)22)40-17-20-11-13-27(38-2)25(15-20)29(33,34)35/h3-15H,16-18H2,1-2H3. The number of rotatable bonds is 10. The molecule has 0 saturated carbocycles. The van der Waals surface area contributed by atoms with Crippen LogP contribution in [0.2, 0.25) is 0 Å². The van der Waals surface area contributed by atoms with E-state index in [1.165, 1.54) is 12.1 Å². The van der Waals surface area contributed by atoms with Crippen LogP contribution in [-0.4, -0.2) is 14.2 Å². The van der Waals surface area contributed by atoms with E-state index in [-0.39, 0.29) is 17.3 Å². The second-order valence-corrected chi connectivity index (χ2v) is 11.1. The van der Waals surface area contributed by atoms with E-state index in [2.05, 4.69) is 0 Å². The number of methoxy groups -OCH3 is 2. The van der Waals surface area contributed by atoms with Gasteiger partial charge in [-0.3, -0.25) is 4.57 Å². The zero-order chi connectivity index (χ0) is 29.8. The predicted octanol–water partition coefficient (Wildman–Crippen LogP) is 9.02. The maximum Gasteiger partial charge on any atom is 0.419 e. The summed E-state index contributed by atoms with van der Waals surface area (Å²) in [5, 5.41) is 1.58. The number of halogens is 6. The minimum absolute atomic E-state index is 0.0451. The van der Waals surface area contributed by atoms with Gasteiger partial charge in [0.05, 0.1) is 44.7 Å². The molecule has 12 heteroatoms. The lowest BCUT2D eigenvalue weighted by molar-refractivity contribution is -0.139. The third kappa shape index (κ3) is 7.41. The lowest BCUT2D eigenvalue weighted by Crippen LogP contribution is -2.09. The molecule has 0 saturated heterocycles. The Morgan fingerprint density at radius 2 is 1.15 bits per heavy atom. The van der Waals surface area contributed by atoms with Crippen molar-refractivity contribution in [2.45, 2.75) is 31.7 Å². The Labute approximate surface area is 232 Å². The molecule has 0 bridgehead atoms. The normalized spacial score (nSPS) is 12.5. The second kappa shape index (κ2) is 12.1. The van der Waals surface area contributed by atoms with Gasteiger partial charge in [0.15, 0.2) is 0 Å². The molecule has 218 valence electrons. The van der Waals surface area contributed by atoms with Gasteiger partial charge < -0.3 is 18.5 Å². The van der Waals surface area contributed by atoms with Crippen LogP contribution in [0.5, 0.6) is 11.5 Å². The fourth-order valence-corrected chi connectivity index (χ4v) is 5.89. The van der Waals surface area contributed by atoms with E-state index in [9.17, 15) is 30.9 Å². The average molecular weight is 598 g/mol. The molecule has 4 aromatic carbocycles. The number of benzene rings is 4. The van der Waals surface area contributed by atoms with Crippen molar-refractivity contribution >= 4 is 18.4 Å². The number of fused-ring (bicyclic) bond motifs is 1. The van der Waals surface area contributed by atoms with Crippen LogP contribution in [0.4, 0.5) is 26.3 Å². The van der Waals surface area contributed by atoms with E-state index < -0.39 is 55.8 Å². The summed E-state index contributed by atoms with van der Waals surface area (Å²) in [4.78, 5) is 0. The predicted molar refractivity (Wildman–Crippen MR) is 141 cm³/mol. The molecule has 0 radical (unpaired) electrons. The molecule has 0 N–H and O–H groups in total. The molecule has 0 spiro atoms. The van der Waals surface area contributed by atoms with Crippen LogP contribution < -0.4 is 9.47 Å². The van der Waals surface area contributed by atoms with Crippen LogP contribution >= 0.6 is 7.60 Å². The third-order valence-electron chi connectivity index (χ3n) is 6.24. The number of ether oxygens (including phenoxy) is 2. The third-order valence-corrected chi connectivity index (χ3v) is 8.01. The summed E-state index contributed by atoms with van der Waals surface area (Å²) in [6.07, 6.45) is -9.71. The van der Waals surface area contributed by atoms with Crippen LogP contribution in [0.15, 0.2) is 78.9 Å². The van der Waals surface area contributed by atoms with E-state index >= 15 is 0 Å². The molecule has 4 rings (SSSR count). The monoisotopic (exact) mass is 598 g/mol. The van der Waals surface area contributed by atoms with Crippen molar-refractivity contribution < 1.29 is 49.4 Å². The van der Waals surface area contributed by atoms with E-state index in [0.717, 1.165) is 49.3 Å². The molecule has 0 amide bonds. The van der Waals surface area contributed by atoms with Crippen molar-refractivity contribution in [3.05, 3.63) is 107 Å². The lowest BCUT2D eigenvalue weighted by atomic mass is 10.1. The summed E-state index contributed by atoms with van der Waals surface area (Å²) in [5.74, 6) is -0.784. The summed E-state index contributed by atoms with van der Waals surface area (Å²) in [7, 11) is -1.94. The minimum Gasteiger partial charge on any atom is -0.496 e. The van der Waals surface area contributed by atoms with Gasteiger partial charge in [-0.2, -0.15) is 26.3 Å². The Hall–Kier alpha value is -3.53. The summed E-state index contributed by atoms with van der Waals surface area (Å²) >= 11 is 0. The van der Waals surface area contributed by atoms with Crippen LogP contribution in [0.25, 0.3) is 10.8 Å². The Morgan fingerprint density at radius 3 is 1.63 bits per heavy atom. The van der Waals surface area contributed by atoms with Gasteiger partial charge in [0.1, 0.15) is 11.5 Å². The maximum absolute atomic E-state index is 14.0. The highest BCUT2D eigenvalue weighted by Crippen LogP contribution is 2.54. The van der Waals surface area contributed by atoms with Gasteiger partial charge in [-0.1, -0.05) is 54.6 Å². The van der Waals surface area contributed by atoms with E-state index in [1.54, 1.807) is 24.3 Å². The largest absolute Gasteiger partial charge is 0.496 e. The number of hydrogen-bond donors (Lipinski definition) is 0. The molecule has 0 unspecified atom stereocenters. The van der Waals surface area contributed by atoms with E-state index in [0.29, 0.717) is 5.56 Å². The van der Waals surface area contributed by atoms with Crippen molar-refractivity contribution in [1.82, 2.24) is 0 Å². The van der Waals surface area contributed by atoms with Crippen molar-refractivity contribution in [3.63, 3.8) is 0 Å². The summed E-state index contributed by atoms with van der Waals surface area (Å²) in [6, 6.07) is 19.1. The first-order chi connectivity index (χ1) is 19.3.